The van der Waals surface area contributed by atoms with E-state index in [1.807, 2.05) is 4.90 Å². The summed E-state index contributed by atoms with van der Waals surface area (Å²) in [6, 6.07) is 0. The van der Waals surface area contributed by atoms with Crippen molar-refractivity contribution in [1.82, 2.24) is 4.90 Å². The Morgan fingerprint density at radius 3 is 3.00 bits per heavy atom. The fraction of sp³-hybridized carbons (Fsp3) is 0.700. The van der Waals surface area contributed by atoms with Gasteiger partial charge in [-0.15, -0.1) is 0 Å². The predicted molar refractivity (Wildman–Crippen MR) is 47.7 cm³/mol. The second-order valence-electron chi connectivity index (χ2n) is 3.75. The third kappa shape index (κ3) is 1.87. The Morgan fingerprint density at radius 2 is 2.25 bits per heavy atom. The van der Waals surface area contributed by atoms with Crippen molar-refractivity contribution in [2.45, 2.75) is 25.7 Å². The van der Waals surface area contributed by atoms with Crippen molar-refractivity contribution >= 4 is 5.91 Å². The maximum Gasteiger partial charge on any atom is 0.223 e. The van der Waals surface area contributed by atoms with E-state index in [9.17, 15) is 4.79 Å². The van der Waals surface area contributed by atoms with E-state index in [0.717, 1.165) is 25.4 Å². The van der Waals surface area contributed by atoms with Crippen molar-refractivity contribution in [3.63, 3.8) is 0 Å². The van der Waals surface area contributed by atoms with Crippen LogP contribution < -0.4 is 0 Å². The van der Waals surface area contributed by atoms with Crippen molar-refractivity contribution in [2.75, 3.05) is 13.1 Å². The van der Waals surface area contributed by atoms with Gasteiger partial charge in [0.1, 0.15) is 0 Å². The number of carbonyl (C=O) groups is 1. The molecule has 0 spiro atoms. The molecule has 1 heterocycles. The van der Waals surface area contributed by atoms with Crippen molar-refractivity contribution in [3.05, 3.63) is 12.2 Å². The molecule has 0 unspecified atom stereocenters. The van der Waals surface area contributed by atoms with Crippen LogP contribution in [0.15, 0.2) is 12.2 Å². The van der Waals surface area contributed by atoms with E-state index in [0.29, 0.717) is 12.3 Å². The Kier molecular flexibility index (Phi) is 2.15. The standard InChI is InChI=1S/C10H15NO/c12-10-4-2-1-3-7-11(10)8-9-5-6-9/h1,3,9H,2,4-8H2. The van der Waals surface area contributed by atoms with Crippen LogP contribution in [0.1, 0.15) is 25.7 Å². The van der Waals surface area contributed by atoms with E-state index in [2.05, 4.69) is 12.2 Å². The maximum atomic E-state index is 11.5. The molecule has 0 aromatic carbocycles. The van der Waals surface area contributed by atoms with Gasteiger partial charge in [-0.2, -0.15) is 0 Å². The van der Waals surface area contributed by atoms with E-state index < -0.39 is 0 Å². The molecule has 1 saturated carbocycles. The molecule has 0 atom stereocenters. The Hall–Kier alpha value is -0.790. The fourth-order valence-electron chi connectivity index (χ4n) is 1.57. The molecule has 2 aliphatic rings. The van der Waals surface area contributed by atoms with E-state index in [1.165, 1.54) is 12.8 Å². The van der Waals surface area contributed by atoms with Gasteiger partial charge in [-0.25, -0.2) is 0 Å². The molecule has 2 nitrogen and oxygen atoms in total. The molecular weight excluding hydrogens is 150 g/mol. The number of nitrogens with zero attached hydrogens (tertiary/aromatic N) is 1. The molecule has 1 amide bonds. The normalized spacial score (nSPS) is 24.3. The van der Waals surface area contributed by atoms with Gasteiger partial charge in [0.05, 0.1) is 0 Å². The van der Waals surface area contributed by atoms with Gasteiger partial charge in [-0.1, -0.05) is 12.2 Å². The minimum Gasteiger partial charge on any atom is -0.339 e. The number of allylic oxidation sites excluding steroid dienone is 1. The quantitative estimate of drug-likeness (QED) is 0.569. The Balaban J connectivity index is 1.90. The lowest BCUT2D eigenvalue weighted by molar-refractivity contribution is -0.130. The molecule has 0 bridgehead atoms. The van der Waals surface area contributed by atoms with Crippen LogP contribution in [-0.2, 0) is 4.79 Å². The van der Waals surface area contributed by atoms with Crippen molar-refractivity contribution < 1.29 is 4.79 Å². The van der Waals surface area contributed by atoms with Gasteiger partial charge in [-0.05, 0) is 25.2 Å². The number of hydrogen-bond donors (Lipinski definition) is 0. The molecule has 2 heteroatoms. The van der Waals surface area contributed by atoms with Crippen molar-refractivity contribution in [2.24, 2.45) is 5.92 Å². The highest BCUT2D eigenvalue weighted by Gasteiger charge is 2.26. The average molecular weight is 165 g/mol. The summed E-state index contributed by atoms with van der Waals surface area (Å²) in [5, 5.41) is 0. The summed E-state index contributed by atoms with van der Waals surface area (Å²) in [4.78, 5) is 13.5. The number of hydrogen-bond acceptors (Lipinski definition) is 1. The van der Waals surface area contributed by atoms with E-state index in [-0.39, 0.29) is 0 Å². The fourth-order valence-corrected chi connectivity index (χ4v) is 1.57. The lowest BCUT2D eigenvalue weighted by atomic mass is 10.3. The van der Waals surface area contributed by atoms with Gasteiger partial charge in [0, 0.05) is 19.5 Å². The van der Waals surface area contributed by atoms with Crippen LogP contribution in [0, 0.1) is 5.92 Å². The Morgan fingerprint density at radius 1 is 1.42 bits per heavy atom. The summed E-state index contributed by atoms with van der Waals surface area (Å²) in [5.41, 5.74) is 0. The third-order valence-electron chi connectivity index (χ3n) is 2.55. The lowest BCUT2D eigenvalue weighted by Crippen LogP contribution is -2.31. The van der Waals surface area contributed by atoms with Gasteiger partial charge in [-0.3, -0.25) is 4.79 Å². The van der Waals surface area contributed by atoms with Gasteiger partial charge >= 0.3 is 0 Å². The number of rotatable bonds is 2. The summed E-state index contributed by atoms with van der Waals surface area (Å²) in [7, 11) is 0. The first-order valence-corrected chi connectivity index (χ1v) is 4.79. The zero-order valence-electron chi connectivity index (χ0n) is 7.33. The molecule has 0 N–H and O–H groups in total. The molecule has 1 fully saturated rings. The molecular formula is C10H15NO. The van der Waals surface area contributed by atoms with Crippen LogP contribution in [-0.4, -0.2) is 23.9 Å². The van der Waals surface area contributed by atoms with E-state index in [4.69, 9.17) is 0 Å². The first-order chi connectivity index (χ1) is 5.86. The van der Waals surface area contributed by atoms with Gasteiger partial charge in [0.15, 0.2) is 0 Å². The molecule has 0 saturated heterocycles. The van der Waals surface area contributed by atoms with E-state index in [1.54, 1.807) is 0 Å². The molecule has 0 aromatic heterocycles. The summed E-state index contributed by atoms with van der Waals surface area (Å²) < 4.78 is 0. The van der Waals surface area contributed by atoms with Gasteiger partial charge in [0.2, 0.25) is 5.91 Å². The maximum absolute atomic E-state index is 11.5. The van der Waals surface area contributed by atoms with Crippen LogP contribution in [0.3, 0.4) is 0 Å². The van der Waals surface area contributed by atoms with Crippen LogP contribution in [0.5, 0.6) is 0 Å². The van der Waals surface area contributed by atoms with Crippen LogP contribution in [0.25, 0.3) is 0 Å². The smallest absolute Gasteiger partial charge is 0.223 e. The topological polar surface area (TPSA) is 20.3 Å². The van der Waals surface area contributed by atoms with Gasteiger partial charge in [0.25, 0.3) is 0 Å². The minimum atomic E-state index is 0.340. The molecule has 1 aliphatic carbocycles. The van der Waals surface area contributed by atoms with Crippen LogP contribution in [0.2, 0.25) is 0 Å². The largest absolute Gasteiger partial charge is 0.339 e. The Labute approximate surface area is 73.2 Å². The highest BCUT2D eigenvalue weighted by Crippen LogP contribution is 2.30. The van der Waals surface area contributed by atoms with Crippen LogP contribution >= 0.6 is 0 Å². The highest BCUT2D eigenvalue weighted by atomic mass is 16.2. The zero-order chi connectivity index (χ0) is 8.39. The molecule has 0 aromatic rings. The first kappa shape index (κ1) is 7.84. The summed E-state index contributed by atoms with van der Waals surface area (Å²) in [6.07, 6.45) is 8.53. The molecule has 1 aliphatic heterocycles. The monoisotopic (exact) mass is 165 g/mol. The second-order valence-corrected chi connectivity index (χ2v) is 3.75. The molecule has 0 radical (unpaired) electrons. The molecule has 66 valence electrons. The lowest BCUT2D eigenvalue weighted by Gasteiger charge is -2.19. The predicted octanol–water partition coefficient (Wildman–Crippen LogP) is 1.57. The summed E-state index contributed by atoms with van der Waals surface area (Å²) >= 11 is 0. The highest BCUT2D eigenvalue weighted by molar-refractivity contribution is 5.76. The number of amides is 1. The van der Waals surface area contributed by atoms with Crippen molar-refractivity contribution in [3.8, 4) is 0 Å². The zero-order valence-corrected chi connectivity index (χ0v) is 7.33. The van der Waals surface area contributed by atoms with Gasteiger partial charge < -0.3 is 4.90 Å². The SMILES string of the molecule is O=C1CCC=CCN1CC1CC1. The van der Waals surface area contributed by atoms with Crippen molar-refractivity contribution in [1.29, 1.82) is 0 Å². The van der Waals surface area contributed by atoms with Crippen LogP contribution in [0.4, 0.5) is 0 Å². The second kappa shape index (κ2) is 3.30. The van der Waals surface area contributed by atoms with E-state index >= 15 is 0 Å². The molecule has 12 heavy (non-hydrogen) atoms. The average Bonchev–Trinajstić information content (AvgIpc) is 2.84. The first-order valence-electron chi connectivity index (χ1n) is 4.79. The summed E-state index contributed by atoms with van der Waals surface area (Å²) in [5.74, 6) is 1.16. The minimum absolute atomic E-state index is 0.340. The molecule has 2 rings (SSSR count). The summed E-state index contributed by atoms with van der Waals surface area (Å²) in [6.45, 7) is 1.85. The number of carbonyl (C=O) groups excluding carboxylic acids is 1. The Bertz CT molecular complexity index is 206. The third-order valence-corrected chi connectivity index (χ3v) is 2.55.